The molecule has 0 N–H and O–H groups in total. The summed E-state index contributed by atoms with van der Waals surface area (Å²) in [6.07, 6.45) is 7.07. The average molecular weight is 232 g/mol. The molecule has 0 aromatic rings. The van der Waals surface area contributed by atoms with Crippen molar-refractivity contribution in [2.75, 3.05) is 20.8 Å². The molecule has 0 radical (unpaired) electrons. The molecule has 0 saturated heterocycles. The monoisotopic (exact) mass is 232 g/mol. The van der Waals surface area contributed by atoms with Crippen LogP contribution in [0.3, 0.4) is 0 Å². The summed E-state index contributed by atoms with van der Waals surface area (Å²) in [4.78, 5) is 0. The van der Waals surface area contributed by atoms with Gasteiger partial charge in [-0.25, -0.2) is 0 Å². The number of ether oxygens (including phenoxy) is 1. The van der Waals surface area contributed by atoms with E-state index in [1.807, 2.05) is 13.0 Å². The average Bonchev–Trinajstić information content (AvgIpc) is 2.27. The molecule has 0 rings (SSSR count). The smallest absolute Gasteiger partial charge is 0.334 e. The van der Waals surface area contributed by atoms with Gasteiger partial charge < -0.3 is 13.6 Å². The second-order valence-corrected chi connectivity index (χ2v) is 7.28. The predicted molar refractivity (Wildman–Crippen MR) is 65.1 cm³/mol. The first-order valence-corrected chi connectivity index (χ1v) is 8.04. The van der Waals surface area contributed by atoms with E-state index in [1.165, 1.54) is 6.42 Å². The molecule has 4 heteroatoms. The van der Waals surface area contributed by atoms with Crippen molar-refractivity contribution in [2.45, 2.75) is 38.8 Å². The van der Waals surface area contributed by atoms with Gasteiger partial charge in [-0.3, -0.25) is 0 Å². The van der Waals surface area contributed by atoms with Gasteiger partial charge in [0, 0.05) is 14.2 Å². The van der Waals surface area contributed by atoms with E-state index in [1.54, 1.807) is 20.5 Å². The van der Waals surface area contributed by atoms with Crippen molar-refractivity contribution in [1.82, 2.24) is 0 Å². The molecule has 0 atom stereocenters. The number of hydrogen-bond acceptors (Lipinski definition) is 3. The van der Waals surface area contributed by atoms with Crippen LogP contribution in [0.4, 0.5) is 0 Å². The van der Waals surface area contributed by atoms with Gasteiger partial charge in [-0.1, -0.05) is 18.9 Å². The summed E-state index contributed by atoms with van der Waals surface area (Å²) in [5, 5.41) is 0. The molecule has 15 heavy (non-hydrogen) atoms. The van der Waals surface area contributed by atoms with Gasteiger partial charge in [0.25, 0.3) is 0 Å². The van der Waals surface area contributed by atoms with Crippen molar-refractivity contribution >= 4 is 8.56 Å². The van der Waals surface area contributed by atoms with E-state index in [2.05, 4.69) is 6.55 Å². The van der Waals surface area contributed by atoms with Crippen LogP contribution in [0.15, 0.2) is 12.3 Å². The lowest BCUT2D eigenvalue weighted by molar-refractivity contribution is 0.235. The zero-order valence-corrected chi connectivity index (χ0v) is 11.4. The van der Waals surface area contributed by atoms with Crippen molar-refractivity contribution in [1.29, 1.82) is 0 Å². The molecule has 0 bridgehead atoms. The molecule has 90 valence electrons. The third-order valence-corrected chi connectivity index (χ3v) is 5.48. The van der Waals surface area contributed by atoms with Crippen molar-refractivity contribution in [3.63, 3.8) is 0 Å². The molecule has 0 aromatic heterocycles. The van der Waals surface area contributed by atoms with Gasteiger partial charge in [-0.15, -0.1) is 0 Å². The molecule has 0 aliphatic carbocycles. The number of unbranched alkanes of at least 4 members (excludes halogenated alkanes) is 2. The van der Waals surface area contributed by atoms with Crippen LogP contribution in [0.1, 0.15) is 26.2 Å². The Kier molecular flexibility index (Phi) is 8.75. The van der Waals surface area contributed by atoms with E-state index >= 15 is 0 Å². The molecule has 0 heterocycles. The molecule has 0 fully saturated rings. The maximum Gasteiger partial charge on any atom is 0.334 e. The summed E-state index contributed by atoms with van der Waals surface area (Å²) in [6.45, 7) is 4.86. The Balaban J connectivity index is 3.37. The first-order chi connectivity index (χ1) is 7.18. The van der Waals surface area contributed by atoms with Gasteiger partial charge in [-0.2, -0.15) is 0 Å². The summed E-state index contributed by atoms with van der Waals surface area (Å²) < 4.78 is 16.0. The fourth-order valence-electron chi connectivity index (χ4n) is 1.26. The van der Waals surface area contributed by atoms with Gasteiger partial charge >= 0.3 is 8.56 Å². The Morgan fingerprint density at radius 1 is 1.07 bits per heavy atom. The molecule has 3 nitrogen and oxygen atoms in total. The lowest BCUT2D eigenvalue weighted by Crippen LogP contribution is -2.35. The molecule has 0 spiro atoms. The van der Waals surface area contributed by atoms with Gasteiger partial charge in [0.2, 0.25) is 0 Å². The fourth-order valence-corrected chi connectivity index (χ4v) is 2.73. The van der Waals surface area contributed by atoms with E-state index in [9.17, 15) is 0 Å². The van der Waals surface area contributed by atoms with Gasteiger partial charge in [0.05, 0.1) is 12.9 Å². The number of allylic oxidation sites excluding steroid dienone is 1. The number of hydrogen-bond donors (Lipinski definition) is 0. The van der Waals surface area contributed by atoms with Crippen LogP contribution in [-0.2, 0) is 13.6 Å². The van der Waals surface area contributed by atoms with Crippen LogP contribution in [0, 0.1) is 0 Å². The molecule has 0 aromatic carbocycles. The lowest BCUT2D eigenvalue weighted by atomic mass is 10.3. The van der Waals surface area contributed by atoms with E-state index in [4.69, 9.17) is 13.6 Å². The van der Waals surface area contributed by atoms with E-state index < -0.39 is 8.56 Å². The minimum Gasteiger partial charge on any atom is -0.502 e. The highest BCUT2D eigenvalue weighted by Crippen LogP contribution is 2.15. The van der Waals surface area contributed by atoms with E-state index in [-0.39, 0.29) is 0 Å². The maximum absolute atomic E-state index is 5.41. The summed E-state index contributed by atoms with van der Waals surface area (Å²) in [5.41, 5.74) is 0. The normalized spacial score (nSPS) is 12.3. The second-order valence-electron chi connectivity index (χ2n) is 3.69. The molecular weight excluding hydrogens is 208 g/mol. The minimum atomic E-state index is -1.83. The van der Waals surface area contributed by atoms with E-state index in [0.717, 1.165) is 25.5 Å². The first-order valence-electron chi connectivity index (χ1n) is 5.51. The van der Waals surface area contributed by atoms with Gasteiger partial charge in [-0.05, 0) is 25.9 Å². The minimum absolute atomic E-state index is 0.808. The van der Waals surface area contributed by atoms with E-state index in [0.29, 0.717) is 0 Å². The molecule has 0 saturated carbocycles. The van der Waals surface area contributed by atoms with Crippen molar-refractivity contribution in [2.24, 2.45) is 0 Å². The molecule has 0 aliphatic heterocycles. The molecule has 0 amide bonds. The highest BCUT2D eigenvalue weighted by molar-refractivity contribution is 6.65. The van der Waals surface area contributed by atoms with Crippen molar-refractivity contribution in [3.05, 3.63) is 12.3 Å². The van der Waals surface area contributed by atoms with Gasteiger partial charge in [0.15, 0.2) is 0 Å². The number of rotatable bonds is 9. The Bertz CT molecular complexity index is 167. The zero-order valence-electron chi connectivity index (χ0n) is 10.4. The topological polar surface area (TPSA) is 27.7 Å². The fraction of sp³-hybridized carbons (Fsp3) is 0.818. The lowest BCUT2D eigenvalue weighted by Gasteiger charge is -2.22. The quantitative estimate of drug-likeness (QED) is 0.347. The molecule has 0 unspecified atom stereocenters. The summed E-state index contributed by atoms with van der Waals surface area (Å²) in [6, 6.07) is 1.06. The van der Waals surface area contributed by atoms with Crippen LogP contribution in [-0.4, -0.2) is 29.4 Å². The Morgan fingerprint density at radius 3 is 2.27 bits per heavy atom. The Hall–Kier alpha value is -0.323. The Morgan fingerprint density at radius 2 is 1.73 bits per heavy atom. The molecule has 0 aliphatic rings. The van der Waals surface area contributed by atoms with Crippen LogP contribution in [0.25, 0.3) is 0 Å². The van der Waals surface area contributed by atoms with Crippen LogP contribution < -0.4 is 0 Å². The van der Waals surface area contributed by atoms with Crippen molar-refractivity contribution < 1.29 is 13.6 Å². The zero-order chi connectivity index (χ0) is 11.6. The SMILES string of the molecule is CC=COCCCCC[Si](C)(OC)OC. The summed E-state index contributed by atoms with van der Waals surface area (Å²) >= 11 is 0. The van der Waals surface area contributed by atoms with Crippen molar-refractivity contribution in [3.8, 4) is 0 Å². The maximum atomic E-state index is 5.41. The third kappa shape index (κ3) is 7.59. The largest absolute Gasteiger partial charge is 0.502 e. The van der Waals surface area contributed by atoms with Gasteiger partial charge in [0.1, 0.15) is 0 Å². The first kappa shape index (κ1) is 14.7. The molecular formula is C11H24O3Si. The second kappa shape index (κ2) is 8.94. The van der Waals surface area contributed by atoms with Crippen LogP contribution in [0.2, 0.25) is 12.6 Å². The standard InChI is InChI=1S/C11H24O3Si/c1-5-9-14-10-7-6-8-11-15(4,12-2)13-3/h5,9H,6-8,10-11H2,1-4H3. The Labute approximate surface area is 94.7 Å². The highest BCUT2D eigenvalue weighted by Gasteiger charge is 2.27. The summed E-state index contributed by atoms with van der Waals surface area (Å²) in [7, 11) is 1.65. The highest BCUT2D eigenvalue weighted by atomic mass is 28.4. The predicted octanol–water partition coefficient (Wildman–Crippen LogP) is 3.07. The van der Waals surface area contributed by atoms with Crippen LogP contribution >= 0.6 is 0 Å². The summed E-state index contributed by atoms with van der Waals surface area (Å²) in [5.74, 6) is 0. The van der Waals surface area contributed by atoms with Crippen LogP contribution in [0.5, 0.6) is 0 Å². The third-order valence-electron chi connectivity index (χ3n) is 2.49.